The molecule has 8 atom stereocenters. The standard InChI is InChI=1S/C30H47NO10/c1-8-27(4)17-20(33)30(36)28(5)19(32)9-11-26(2,3)24(28)23(39-22(35)18-37-7)25(29(30,6)41-27)40-21(34)10-12-31-13-15-38-16-14-31/h8,19,23-25,32,36H,1,9-18H2,2-7H3/t19-,23-,24-,25-,27-,28-,29+,30-/m0/s1. The van der Waals surface area contributed by atoms with Gasteiger partial charge in [-0.05, 0) is 32.1 Å². The monoisotopic (exact) mass is 581 g/mol. The molecule has 0 amide bonds. The number of nitrogens with zero attached hydrogens (tertiary/aromatic N) is 1. The van der Waals surface area contributed by atoms with E-state index in [0.29, 0.717) is 45.7 Å². The Bertz CT molecular complexity index is 1040. The molecule has 0 spiro atoms. The largest absolute Gasteiger partial charge is 0.456 e. The van der Waals surface area contributed by atoms with E-state index in [-0.39, 0.29) is 19.4 Å². The van der Waals surface area contributed by atoms with Crippen LogP contribution in [0.3, 0.4) is 0 Å². The van der Waals surface area contributed by atoms with E-state index in [1.807, 2.05) is 13.8 Å². The molecule has 0 unspecified atom stereocenters. The summed E-state index contributed by atoms with van der Waals surface area (Å²) in [5.74, 6) is -2.62. The third kappa shape index (κ3) is 5.16. The van der Waals surface area contributed by atoms with Gasteiger partial charge in [-0.25, -0.2) is 4.79 Å². The van der Waals surface area contributed by atoms with E-state index in [2.05, 4.69) is 11.5 Å². The first-order valence-corrected chi connectivity index (χ1v) is 14.5. The molecule has 4 aliphatic rings. The number of carbonyl (C=O) groups is 3. The van der Waals surface area contributed by atoms with E-state index in [4.69, 9.17) is 23.7 Å². The van der Waals surface area contributed by atoms with Gasteiger partial charge in [-0.1, -0.05) is 26.8 Å². The number of aliphatic hydroxyl groups excluding tert-OH is 1. The van der Waals surface area contributed by atoms with Gasteiger partial charge in [0, 0.05) is 44.5 Å². The maximum Gasteiger partial charge on any atom is 0.332 e. The van der Waals surface area contributed by atoms with Crippen molar-refractivity contribution in [2.75, 3.05) is 46.6 Å². The van der Waals surface area contributed by atoms with Gasteiger partial charge in [0.05, 0.1) is 31.3 Å². The lowest BCUT2D eigenvalue weighted by molar-refractivity contribution is -0.371. The summed E-state index contributed by atoms with van der Waals surface area (Å²) in [5.41, 5.74) is -7.56. The molecule has 11 heteroatoms. The maximum atomic E-state index is 14.2. The minimum atomic E-state index is -2.29. The SMILES string of the molecule is C=C[C@@]1(C)CC(=O)[C@]2(O)[C@@]3(C)[C@@H](O)CCC(C)(C)[C@@H]3[C@H](OC(=O)COC)[C@H](OC(=O)CCN3CCOCC3)[C@@]2(C)O1. The number of hydrogen-bond acceptors (Lipinski definition) is 11. The predicted octanol–water partition coefficient (Wildman–Crippen LogP) is 1.42. The summed E-state index contributed by atoms with van der Waals surface area (Å²) in [6.45, 7) is 15.2. The highest BCUT2D eigenvalue weighted by molar-refractivity contribution is 5.92. The zero-order chi connectivity index (χ0) is 30.4. The molecule has 232 valence electrons. The molecule has 2 aliphatic heterocycles. The number of methoxy groups -OCH3 is 1. The van der Waals surface area contributed by atoms with Gasteiger partial charge in [0.2, 0.25) is 0 Å². The van der Waals surface area contributed by atoms with Crippen LogP contribution in [0.4, 0.5) is 0 Å². The van der Waals surface area contributed by atoms with E-state index in [1.165, 1.54) is 20.1 Å². The van der Waals surface area contributed by atoms with Crippen LogP contribution in [0.1, 0.15) is 60.3 Å². The topological polar surface area (TPSA) is 141 Å². The Labute approximate surface area is 242 Å². The lowest BCUT2D eigenvalue weighted by Crippen LogP contribution is -2.87. The Morgan fingerprint density at radius 2 is 1.78 bits per heavy atom. The molecular formula is C30H47NO10. The second kappa shape index (κ2) is 11.3. The zero-order valence-electron chi connectivity index (χ0n) is 25.3. The van der Waals surface area contributed by atoms with Gasteiger partial charge in [-0.15, -0.1) is 6.58 Å². The van der Waals surface area contributed by atoms with Crippen LogP contribution < -0.4 is 0 Å². The van der Waals surface area contributed by atoms with Crippen molar-refractivity contribution in [1.29, 1.82) is 0 Å². The van der Waals surface area contributed by atoms with Crippen molar-refractivity contribution in [2.45, 2.75) is 95.4 Å². The van der Waals surface area contributed by atoms with Crippen LogP contribution in [0.15, 0.2) is 12.7 Å². The first kappa shape index (κ1) is 32.0. The highest BCUT2D eigenvalue weighted by Crippen LogP contribution is 2.67. The van der Waals surface area contributed by atoms with E-state index >= 15 is 0 Å². The molecule has 2 heterocycles. The normalized spacial score (nSPS) is 42.5. The van der Waals surface area contributed by atoms with E-state index in [1.54, 1.807) is 13.8 Å². The molecule has 0 bridgehead atoms. The molecule has 0 aromatic heterocycles. The third-order valence-corrected chi connectivity index (χ3v) is 10.2. The smallest absolute Gasteiger partial charge is 0.332 e. The van der Waals surface area contributed by atoms with Crippen LogP contribution in [-0.4, -0.2) is 115 Å². The summed E-state index contributed by atoms with van der Waals surface area (Å²) in [7, 11) is 1.36. The number of aliphatic hydroxyl groups is 2. The number of ether oxygens (including phenoxy) is 5. The quantitative estimate of drug-likeness (QED) is 0.318. The minimum absolute atomic E-state index is 0.0321. The Hall–Kier alpha value is -1.89. The van der Waals surface area contributed by atoms with Crippen LogP contribution in [0.2, 0.25) is 0 Å². The van der Waals surface area contributed by atoms with E-state index in [0.717, 1.165) is 0 Å². The number of Topliss-reactive ketones (excluding diaryl/α,β-unsaturated/α-hetero) is 1. The predicted molar refractivity (Wildman–Crippen MR) is 147 cm³/mol. The average Bonchev–Trinajstić information content (AvgIpc) is 2.91. The average molecular weight is 582 g/mol. The van der Waals surface area contributed by atoms with Crippen molar-refractivity contribution in [2.24, 2.45) is 16.7 Å². The number of esters is 2. The lowest BCUT2D eigenvalue weighted by Gasteiger charge is -2.71. The number of ketones is 1. The summed E-state index contributed by atoms with van der Waals surface area (Å²) < 4.78 is 29.2. The minimum Gasteiger partial charge on any atom is -0.456 e. The number of carbonyl (C=O) groups excluding carboxylic acids is 3. The molecule has 4 rings (SSSR count). The second-order valence-corrected chi connectivity index (χ2v) is 13.3. The van der Waals surface area contributed by atoms with E-state index in [9.17, 15) is 24.6 Å². The number of fused-ring (bicyclic) bond motifs is 3. The van der Waals surface area contributed by atoms with Crippen LogP contribution >= 0.6 is 0 Å². The number of rotatable bonds is 8. The molecule has 0 radical (unpaired) electrons. The Kier molecular flexibility index (Phi) is 8.84. The van der Waals surface area contributed by atoms with Crippen LogP contribution in [0.5, 0.6) is 0 Å². The van der Waals surface area contributed by atoms with Gasteiger partial charge >= 0.3 is 11.9 Å². The molecule has 2 saturated heterocycles. The van der Waals surface area contributed by atoms with Gasteiger partial charge in [0.25, 0.3) is 0 Å². The molecule has 0 aromatic rings. The van der Waals surface area contributed by atoms with Crippen molar-refractivity contribution >= 4 is 17.7 Å². The van der Waals surface area contributed by atoms with Gasteiger partial charge < -0.3 is 33.9 Å². The van der Waals surface area contributed by atoms with Gasteiger partial charge in [0.1, 0.15) is 18.3 Å². The fourth-order valence-corrected chi connectivity index (χ4v) is 8.14. The Morgan fingerprint density at radius 1 is 1.12 bits per heavy atom. The number of hydrogen-bond donors (Lipinski definition) is 2. The summed E-state index contributed by atoms with van der Waals surface area (Å²) in [6, 6.07) is 0. The maximum absolute atomic E-state index is 14.2. The molecule has 4 fully saturated rings. The van der Waals surface area contributed by atoms with Crippen molar-refractivity contribution in [3.63, 3.8) is 0 Å². The van der Waals surface area contributed by atoms with Crippen LogP contribution in [0, 0.1) is 16.7 Å². The highest BCUT2D eigenvalue weighted by atomic mass is 16.6. The zero-order valence-corrected chi connectivity index (χ0v) is 25.3. The molecule has 0 aromatic carbocycles. The van der Waals surface area contributed by atoms with Crippen LogP contribution in [0.25, 0.3) is 0 Å². The first-order chi connectivity index (χ1) is 19.1. The third-order valence-electron chi connectivity index (χ3n) is 10.2. The summed E-state index contributed by atoms with van der Waals surface area (Å²) >= 11 is 0. The fourth-order valence-electron chi connectivity index (χ4n) is 8.14. The van der Waals surface area contributed by atoms with Crippen molar-refractivity contribution in [3.8, 4) is 0 Å². The molecule has 41 heavy (non-hydrogen) atoms. The van der Waals surface area contributed by atoms with E-state index < -0.39 is 69.6 Å². The highest BCUT2D eigenvalue weighted by Gasteiger charge is 2.82. The van der Waals surface area contributed by atoms with Gasteiger partial charge in [-0.2, -0.15) is 0 Å². The van der Waals surface area contributed by atoms with Crippen molar-refractivity contribution < 1.29 is 48.3 Å². The van der Waals surface area contributed by atoms with Crippen molar-refractivity contribution in [3.05, 3.63) is 12.7 Å². The van der Waals surface area contributed by atoms with Crippen molar-refractivity contribution in [1.82, 2.24) is 4.90 Å². The first-order valence-electron chi connectivity index (χ1n) is 14.5. The van der Waals surface area contributed by atoms with Gasteiger partial charge in [-0.3, -0.25) is 14.5 Å². The molecule has 11 nitrogen and oxygen atoms in total. The Balaban J connectivity index is 1.84. The second-order valence-electron chi connectivity index (χ2n) is 13.3. The summed E-state index contributed by atoms with van der Waals surface area (Å²) in [5, 5.41) is 24.3. The van der Waals surface area contributed by atoms with Crippen LogP contribution in [-0.2, 0) is 38.1 Å². The molecular weight excluding hydrogens is 534 g/mol. The lowest BCUT2D eigenvalue weighted by atomic mass is 9.39. The summed E-state index contributed by atoms with van der Waals surface area (Å²) in [6.07, 6.45) is -1.51. The summed E-state index contributed by atoms with van der Waals surface area (Å²) in [4.78, 5) is 42.7. The van der Waals surface area contributed by atoms with Gasteiger partial charge in [0.15, 0.2) is 17.5 Å². The molecule has 2 saturated carbocycles. The number of morpholine rings is 1. The fraction of sp³-hybridized carbons (Fsp3) is 0.833. The molecule has 2 aliphatic carbocycles. The molecule has 2 N–H and O–H groups in total. The Morgan fingerprint density at radius 3 is 2.39 bits per heavy atom.